The van der Waals surface area contributed by atoms with Gasteiger partial charge in [0.1, 0.15) is 0 Å². The molecule has 1 fully saturated rings. The SMILES string of the molecule is CC1(C)CCCC2=C1CC1C(=O)N(c3ccccc3)C(=O)C1C2. The summed E-state index contributed by atoms with van der Waals surface area (Å²) in [6.07, 6.45) is 5.06. The number of allylic oxidation sites excluding steroid dienone is 2. The molecular weight excluding hydrogens is 286 g/mol. The normalized spacial score (nSPS) is 29.6. The summed E-state index contributed by atoms with van der Waals surface area (Å²) in [6.45, 7) is 4.58. The predicted molar refractivity (Wildman–Crippen MR) is 89.8 cm³/mol. The van der Waals surface area contributed by atoms with Gasteiger partial charge in [-0.15, -0.1) is 0 Å². The van der Waals surface area contributed by atoms with E-state index in [9.17, 15) is 9.59 Å². The maximum Gasteiger partial charge on any atom is 0.238 e. The Bertz CT molecular complexity index is 702. The van der Waals surface area contributed by atoms with Crippen molar-refractivity contribution in [1.82, 2.24) is 0 Å². The van der Waals surface area contributed by atoms with E-state index in [0.29, 0.717) is 5.69 Å². The van der Waals surface area contributed by atoms with Gasteiger partial charge in [-0.25, -0.2) is 0 Å². The van der Waals surface area contributed by atoms with Crippen LogP contribution in [-0.4, -0.2) is 11.8 Å². The third-order valence-electron chi connectivity index (χ3n) is 5.99. The molecule has 1 heterocycles. The number of anilines is 1. The molecule has 120 valence electrons. The van der Waals surface area contributed by atoms with Crippen LogP contribution in [0, 0.1) is 17.3 Å². The molecular formula is C20H23NO2. The van der Waals surface area contributed by atoms with Crippen molar-refractivity contribution >= 4 is 17.5 Å². The summed E-state index contributed by atoms with van der Waals surface area (Å²) < 4.78 is 0. The van der Waals surface area contributed by atoms with Crippen molar-refractivity contribution in [1.29, 1.82) is 0 Å². The highest BCUT2D eigenvalue weighted by molar-refractivity contribution is 6.22. The highest BCUT2D eigenvalue weighted by atomic mass is 16.2. The Labute approximate surface area is 137 Å². The van der Waals surface area contributed by atoms with Crippen molar-refractivity contribution in [3.8, 4) is 0 Å². The summed E-state index contributed by atoms with van der Waals surface area (Å²) in [7, 11) is 0. The van der Waals surface area contributed by atoms with Crippen LogP contribution in [0.3, 0.4) is 0 Å². The van der Waals surface area contributed by atoms with E-state index in [1.54, 1.807) is 0 Å². The molecule has 2 unspecified atom stereocenters. The number of rotatable bonds is 1. The molecule has 3 aliphatic rings. The number of amides is 2. The molecule has 1 aromatic carbocycles. The Hall–Kier alpha value is -1.90. The Balaban J connectivity index is 1.69. The van der Waals surface area contributed by atoms with Crippen LogP contribution in [0.25, 0.3) is 0 Å². The van der Waals surface area contributed by atoms with Gasteiger partial charge in [0.25, 0.3) is 0 Å². The Morgan fingerprint density at radius 1 is 1.00 bits per heavy atom. The number of para-hydroxylation sites is 1. The summed E-state index contributed by atoms with van der Waals surface area (Å²) in [4.78, 5) is 27.2. The zero-order valence-electron chi connectivity index (χ0n) is 13.8. The van der Waals surface area contributed by atoms with E-state index in [2.05, 4.69) is 13.8 Å². The molecule has 0 radical (unpaired) electrons. The van der Waals surface area contributed by atoms with Crippen molar-refractivity contribution in [3.63, 3.8) is 0 Å². The van der Waals surface area contributed by atoms with Crippen LogP contribution in [-0.2, 0) is 9.59 Å². The first-order valence-corrected chi connectivity index (χ1v) is 8.63. The number of imide groups is 1. The first kappa shape index (κ1) is 14.7. The first-order valence-electron chi connectivity index (χ1n) is 8.63. The van der Waals surface area contributed by atoms with Crippen LogP contribution in [0.5, 0.6) is 0 Å². The van der Waals surface area contributed by atoms with Gasteiger partial charge in [0.05, 0.1) is 17.5 Å². The zero-order valence-corrected chi connectivity index (χ0v) is 13.8. The maximum atomic E-state index is 12.9. The lowest BCUT2D eigenvalue weighted by Gasteiger charge is -2.40. The first-order chi connectivity index (χ1) is 11.0. The van der Waals surface area contributed by atoms with Gasteiger partial charge in [0, 0.05) is 0 Å². The summed E-state index contributed by atoms with van der Waals surface area (Å²) in [5.41, 5.74) is 3.82. The third-order valence-corrected chi connectivity index (χ3v) is 5.99. The molecule has 0 bridgehead atoms. The molecule has 1 aromatic rings. The minimum Gasteiger partial charge on any atom is -0.274 e. The van der Waals surface area contributed by atoms with Gasteiger partial charge in [0.2, 0.25) is 11.8 Å². The number of hydrogen-bond donors (Lipinski definition) is 0. The van der Waals surface area contributed by atoms with E-state index in [1.807, 2.05) is 30.3 Å². The lowest BCUT2D eigenvalue weighted by atomic mass is 9.63. The fourth-order valence-electron chi connectivity index (χ4n) is 4.73. The molecule has 2 atom stereocenters. The van der Waals surface area contributed by atoms with Gasteiger partial charge in [-0.3, -0.25) is 14.5 Å². The van der Waals surface area contributed by atoms with Crippen molar-refractivity contribution in [2.45, 2.75) is 46.0 Å². The van der Waals surface area contributed by atoms with Crippen LogP contribution in [0.4, 0.5) is 5.69 Å². The Morgan fingerprint density at radius 3 is 2.35 bits per heavy atom. The number of fused-ring (bicyclic) bond motifs is 1. The monoisotopic (exact) mass is 309 g/mol. The highest BCUT2D eigenvalue weighted by Crippen LogP contribution is 2.52. The maximum absolute atomic E-state index is 12.9. The minimum absolute atomic E-state index is 0.000812. The van der Waals surface area contributed by atoms with Crippen LogP contribution in [0.2, 0.25) is 0 Å². The highest BCUT2D eigenvalue weighted by Gasteiger charge is 2.52. The molecule has 2 amide bonds. The molecule has 0 spiro atoms. The lowest BCUT2D eigenvalue weighted by molar-refractivity contribution is -0.122. The summed E-state index contributed by atoms with van der Waals surface area (Å²) in [5.74, 6) is -0.297. The topological polar surface area (TPSA) is 37.4 Å². The minimum atomic E-state index is -0.154. The molecule has 1 saturated heterocycles. The van der Waals surface area contributed by atoms with Crippen LogP contribution < -0.4 is 4.90 Å². The van der Waals surface area contributed by atoms with Gasteiger partial charge in [0.15, 0.2) is 0 Å². The van der Waals surface area contributed by atoms with E-state index in [4.69, 9.17) is 0 Å². The summed E-state index contributed by atoms with van der Waals surface area (Å²) in [5, 5.41) is 0. The second kappa shape index (κ2) is 5.05. The summed E-state index contributed by atoms with van der Waals surface area (Å²) in [6, 6.07) is 9.37. The smallest absolute Gasteiger partial charge is 0.238 e. The molecule has 23 heavy (non-hydrogen) atoms. The Morgan fingerprint density at radius 2 is 1.65 bits per heavy atom. The van der Waals surface area contributed by atoms with E-state index < -0.39 is 0 Å². The van der Waals surface area contributed by atoms with Crippen LogP contribution in [0.15, 0.2) is 41.5 Å². The van der Waals surface area contributed by atoms with Gasteiger partial charge < -0.3 is 0 Å². The molecule has 2 aliphatic carbocycles. The van der Waals surface area contributed by atoms with Crippen molar-refractivity contribution in [3.05, 3.63) is 41.5 Å². The molecule has 3 heteroatoms. The van der Waals surface area contributed by atoms with Crippen molar-refractivity contribution in [2.75, 3.05) is 4.90 Å². The van der Waals surface area contributed by atoms with E-state index >= 15 is 0 Å². The van der Waals surface area contributed by atoms with Gasteiger partial charge >= 0.3 is 0 Å². The van der Waals surface area contributed by atoms with E-state index in [0.717, 1.165) is 19.3 Å². The zero-order chi connectivity index (χ0) is 16.2. The van der Waals surface area contributed by atoms with Crippen molar-refractivity contribution in [2.24, 2.45) is 17.3 Å². The Kier molecular flexibility index (Phi) is 3.22. The predicted octanol–water partition coefficient (Wildman–Crippen LogP) is 4.09. The standard InChI is InChI=1S/C20H23NO2/c1-20(2)10-6-7-13-11-15-16(12-17(13)20)19(23)21(18(15)22)14-8-4-3-5-9-14/h3-5,8-9,15-16H,6-7,10-12H2,1-2H3. The average Bonchev–Trinajstić information content (AvgIpc) is 2.78. The molecule has 0 aromatic heterocycles. The fourth-order valence-corrected chi connectivity index (χ4v) is 4.73. The fraction of sp³-hybridized carbons (Fsp3) is 0.500. The van der Waals surface area contributed by atoms with E-state index in [1.165, 1.54) is 28.9 Å². The number of nitrogens with zero attached hydrogens (tertiary/aromatic N) is 1. The number of benzene rings is 1. The molecule has 0 saturated carbocycles. The number of carbonyl (C=O) groups excluding carboxylic acids is 2. The van der Waals surface area contributed by atoms with Gasteiger partial charge in [-0.2, -0.15) is 0 Å². The molecule has 0 N–H and O–H groups in total. The number of hydrogen-bond acceptors (Lipinski definition) is 2. The second-order valence-corrected chi connectivity index (χ2v) is 7.79. The largest absolute Gasteiger partial charge is 0.274 e. The van der Waals surface area contributed by atoms with E-state index in [-0.39, 0.29) is 29.1 Å². The van der Waals surface area contributed by atoms with Crippen molar-refractivity contribution < 1.29 is 9.59 Å². The molecule has 4 rings (SSSR count). The quantitative estimate of drug-likeness (QED) is 0.579. The number of carbonyl (C=O) groups is 2. The van der Waals surface area contributed by atoms with Gasteiger partial charge in [-0.1, -0.05) is 43.2 Å². The average molecular weight is 309 g/mol. The lowest BCUT2D eigenvalue weighted by Crippen LogP contribution is -2.32. The third kappa shape index (κ3) is 2.17. The van der Waals surface area contributed by atoms with Crippen LogP contribution >= 0.6 is 0 Å². The summed E-state index contributed by atoms with van der Waals surface area (Å²) >= 11 is 0. The second-order valence-electron chi connectivity index (χ2n) is 7.79. The molecule has 3 nitrogen and oxygen atoms in total. The molecule has 1 aliphatic heterocycles. The van der Waals surface area contributed by atoms with Crippen LogP contribution in [0.1, 0.15) is 46.0 Å². The van der Waals surface area contributed by atoms with Gasteiger partial charge in [-0.05, 0) is 49.7 Å².